The highest BCUT2D eigenvalue weighted by Crippen LogP contribution is 2.29. The Balaban J connectivity index is 2.29. The molecule has 2 N–H and O–H groups in total. The van der Waals surface area contributed by atoms with Crippen LogP contribution in [0.1, 0.15) is 19.8 Å². The average Bonchev–Trinajstić information content (AvgIpc) is 2.66. The summed E-state index contributed by atoms with van der Waals surface area (Å²) < 4.78 is 0. The Morgan fingerprint density at radius 2 is 2.27 bits per heavy atom. The molecule has 2 atom stereocenters. The number of rotatable bonds is 3. The molecular formula is C8H16N2O. The van der Waals surface area contributed by atoms with Crippen LogP contribution in [0.2, 0.25) is 0 Å². The summed E-state index contributed by atoms with van der Waals surface area (Å²) in [5.74, 6) is 0.353. The first-order chi connectivity index (χ1) is 5.16. The van der Waals surface area contributed by atoms with Gasteiger partial charge in [0.05, 0.1) is 5.92 Å². The Labute approximate surface area is 67.5 Å². The van der Waals surface area contributed by atoms with Crippen molar-refractivity contribution in [2.75, 3.05) is 13.6 Å². The van der Waals surface area contributed by atoms with Crippen molar-refractivity contribution in [1.29, 1.82) is 0 Å². The Bertz CT molecular complexity index is 158. The second kappa shape index (κ2) is 3.22. The van der Waals surface area contributed by atoms with Crippen molar-refractivity contribution in [3.8, 4) is 0 Å². The number of hydrogen-bond donors (Lipinski definition) is 1. The fraction of sp³-hybridized carbons (Fsp3) is 0.875. The molecule has 0 aromatic carbocycles. The normalized spacial score (nSPS) is 28.3. The fourth-order valence-corrected chi connectivity index (χ4v) is 1.23. The second-order valence-electron chi connectivity index (χ2n) is 3.27. The van der Waals surface area contributed by atoms with Gasteiger partial charge in [0.1, 0.15) is 0 Å². The van der Waals surface area contributed by atoms with Gasteiger partial charge in [-0.3, -0.25) is 4.79 Å². The number of hydrogen-bond acceptors (Lipinski definition) is 2. The van der Waals surface area contributed by atoms with Crippen molar-refractivity contribution in [3.63, 3.8) is 0 Å². The van der Waals surface area contributed by atoms with Gasteiger partial charge >= 0.3 is 0 Å². The van der Waals surface area contributed by atoms with E-state index in [1.165, 1.54) is 0 Å². The molecule has 11 heavy (non-hydrogen) atoms. The molecule has 3 heteroatoms. The molecule has 1 aliphatic rings. The van der Waals surface area contributed by atoms with E-state index in [-0.39, 0.29) is 17.9 Å². The fourth-order valence-electron chi connectivity index (χ4n) is 1.23. The third-order valence-electron chi connectivity index (χ3n) is 2.09. The summed E-state index contributed by atoms with van der Waals surface area (Å²) in [5, 5.41) is 0. The average molecular weight is 156 g/mol. The highest BCUT2D eigenvalue weighted by molar-refractivity contribution is 5.82. The van der Waals surface area contributed by atoms with Crippen LogP contribution in [-0.2, 0) is 4.79 Å². The number of nitrogens with zero attached hydrogens (tertiary/aromatic N) is 1. The van der Waals surface area contributed by atoms with E-state index < -0.39 is 0 Å². The molecule has 0 aliphatic heterocycles. The number of carbonyl (C=O) groups excluding carboxylic acids is 1. The van der Waals surface area contributed by atoms with E-state index in [4.69, 9.17) is 5.73 Å². The van der Waals surface area contributed by atoms with E-state index in [0.717, 1.165) is 19.4 Å². The van der Waals surface area contributed by atoms with Crippen molar-refractivity contribution in [1.82, 2.24) is 4.90 Å². The van der Waals surface area contributed by atoms with Gasteiger partial charge in [-0.15, -0.1) is 0 Å². The van der Waals surface area contributed by atoms with Crippen LogP contribution in [0.25, 0.3) is 0 Å². The maximum atomic E-state index is 11.4. The number of carbonyl (C=O) groups is 1. The third-order valence-corrected chi connectivity index (χ3v) is 2.09. The molecule has 0 spiro atoms. The molecule has 2 unspecified atom stereocenters. The molecule has 0 aromatic rings. The van der Waals surface area contributed by atoms with Crippen molar-refractivity contribution in [3.05, 3.63) is 0 Å². The zero-order valence-corrected chi connectivity index (χ0v) is 7.21. The van der Waals surface area contributed by atoms with E-state index >= 15 is 0 Å². The molecule has 3 nitrogen and oxygen atoms in total. The molecule has 0 heterocycles. The van der Waals surface area contributed by atoms with Crippen molar-refractivity contribution >= 4 is 5.91 Å². The highest BCUT2D eigenvalue weighted by atomic mass is 16.2. The van der Waals surface area contributed by atoms with E-state index in [1.54, 1.807) is 4.90 Å². The Morgan fingerprint density at radius 1 is 1.73 bits per heavy atom. The molecule has 0 aromatic heterocycles. The molecule has 1 rings (SSSR count). The van der Waals surface area contributed by atoms with Crippen LogP contribution in [0, 0.1) is 5.92 Å². The van der Waals surface area contributed by atoms with Gasteiger partial charge in [-0.25, -0.2) is 0 Å². The summed E-state index contributed by atoms with van der Waals surface area (Å²) >= 11 is 0. The van der Waals surface area contributed by atoms with Gasteiger partial charge in [0.2, 0.25) is 5.91 Å². The van der Waals surface area contributed by atoms with E-state index in [2.05, 4.69) is 6.92 Å². The minimum absolute atomic E-state index is 0.131. The minimum atomic E-state index is 0.131. The standard InChI is InChI=1S/C8H16N2O/c1-3-4-10(2)8(11)6-5-7(6)9/h6-7H,3-5,9H2,1-2H3. The lowest BCUT2D eigenvalue weighted by Gasteiger charge is -2.15. The van der Waals surface area contributed by atoms with E-state index in [0.29, 0.717) is 0 Å². The first-order valence-electron chi connectivity index (χ1n) is 4.17. The Kier molecular flexibility index (Phi) is 2.49. The zero-order chi connectivity index (χ0) is 8.43. The van der Waals surface area contributed by atoms with Crippen molar-refractivity contribution in [2.45, 2.75) is 25.8 Å². The van der Waals surface area contributed by atoms with Crippen LogP contribution in [0.5, 0.6) is 0 Å². The van der Waals surface area contributed by atoms with Gasteiger partial charge in [-0.2, -0.15) is 0 Å². The molecule has 1 fully saturated rings. The molecule has 1 amide bonds. The molecule has 1 aliphatic carbocycles. The summed E-state index contributed by atoms with van der Waals surface area (Å²) in [6, 6.07) is 0.141. The summed E-state index contributed by atoms with van der Waals surface area (Å²) in [7, 11) is 1.84. The molecule has 0 radical (unpaired) electrons. The van der Waals surface area contributed by atoms with Crippen LogP contribution < -0.4 is 5.73 Å². The van der Waals surface area contributed by atoms with Crippen LogP contribution in [0.3, 0.4) is 0 Å². The first kappa shape index (κ1) is 8.53. The maximum Gasteiger partial charge on any atom is 0.227 e. The van der Waals surface area contributed by atoms with Gasteiger partial charge in [-0.1, -0.05) is 6.92 Å². The largest absolute Gasteiger partial charge is 0.345 e. The monoisotopic (exact) mass is 156 g/mol. The first-order valence-corrected chi connectivity index (χ1v) is 4.17. The van der Waals surface area contributed by atoms with E-state index in [1.807, 2.05) is 7.05 Å². The summed E-state index contributed by atoms with van der Waals surface area (Å²) in [6.45, 7) is 2.92. The van der Waals surface area contributed by atoms with Crippen LogP contribution in [0.15, 0.2) is 0 Å². The molecule has 64 valence electrons. The van der Waals surface area contributed by atoms with Crippen molar-refractivity contribution in [2.24, 2.45) is 11.7 Å². The highest BCUT2D eigenvalue weighted by Gasteiger charge is 2.41. The summed E-state index contributed by atoms with van der Waals surface area (Å²) in [4.78, 5) is 13.1. The lowest BCUT2D eigenvalue weighted by molar-refractivity contribution is -0.131. The lowest BCUT2D eigenvalue weighted by atomic mass is 10.3. The minimum Gasteiger partial charge on any atom is -0.345 e. The van der Waals surface area contributed by atoms with Gasteiger partial charge in [0, 0.05) is 19.6 Å². The number of nitrogens with two attached hydrogens (primary N) is 1. The Hall–Kier alpha value is -0.570. The topological polar surface area (TPSA) is 46.3 Å². The molecule has 0 bridgehead atoms. The predicted molar refractivity (Wildman–Crippen MR) is 44.0 cm³/mol. The third kappa shape index (κ3) is 1.93. The SMILES string of the molecule is CCCN(C)C(=O)C1CC1N. The summed E-state index contributed by atoms with van der Waals surface area (Å²) in [5.41, 5.74) is 5.55. The Morgan fingerprint density at radius 3 is 2.64 bits per heavy atom. The molecule has 1 saturated carbocycles. The molecular weight excluding hydrogens is 140 g/mol. The van der Waals surface area contributed by atoms with Gasteiger partial charge in [0.15, 0.2) is 0 Å². The van der Waals surface area contributed by atoms with Crippen LogP contribution in [-0.4, -0.2) is 30.4 Å². The summed E-state index contributed by atoms with van der Waals surface area (Å²) in [6.07, 6.45) is 1.90. The maximum absolute atomic E-state index is 11.4. The zero-order valence-electron chi connectivity index (χ0n) is 7.21. The predicted octanol–water partition coefficient (Wildman–Crippen LogP) is 0.202. The second-order valence-corrected chi connectivity index (χ2v) is 3.27. The molecule has 0 saturated heterocycles. The van der Waals surface area contributed by atoms with Crippen LogP contribution >= 0.6 is 0 Å². The van der Waals surface area contributed by atoms with Gasteiger partial charge < -0.3 is 10.6 Å². The quantitative estimate of drug-likeness (QED) is 0.634. The number of amides is 1. The smallest absolute Gasteiger partial charge is 0.227 e. The van der Waals surface area contributed by atoms with Crippen molar-refractivity contribution < 1.29 is 4.79 Å². The van der Waals surface area contributed by atoms with Gasteiger partial charge in [-0.05, 0) is 12.8 Å². The van der Waals surface area contributed by atoms with Gasteiger partial charge in [0.25, 0.3) is 0 Å². The lowest BCUT2D eigenvalue weighted by Crippen LogP contribution is -2.30. The van der Waals surface area contributed by atoms with Crippen LogP contribution in [0.4, 0.5) is 0 Å². The van der Waals surface area contributed by atoms with E-state index in [9.17, 15) is 4.79 Å².